The molecule has 0 radical (unpaired) electrons. The van der Waals surface area contributed by atoms with E-state index in [1.807, 2.05) is 37.4 Å². The lowest BCUT2D eigenvalue weighted by molar-refractivity contribution is 0.0234. The van der Waals surface area contributed by atoms with Crippen molar-refractivity contribution in [1.29, 1.82) is 0 Å². The molecule has 0 spiro atoms. The number of benzene rings is 1. The molecule has 1 amide bonds. The first kappa shape index (κ1) is 16.7. The van der Waals surface area contributed by atoms with Gasteiger partial charge in [0.15, 0.2) is 0 Å². The molecular weight excluding hydrogens is 328 g/mol. The molecule has 1 aliphatic carbocycles. The van der Waals surface area contributed by atoms with Crippen LogP contribution in [0.4, 0.5) is 0 Å². The highest BCUT2D eigenvalue weighted by Gasteiger charge is 2.36. The van der Waals surface area contributed by atoms with Gasteiger partial charge < -0.3 is 10.4 Å². The summed E-state index contributed by atoms with van der Waals surface area (Å²) in [5, 5.41) is 18.2. The van der Waals surface area contributed by atoms with Crippen LogP contribution in [0.1, 0.15) is 40.6 Å². The number of pyridine rings is 1. The molecule has 6 heteroatoms. The number of hydrogen-bond donors (Lipinski definition) is 2. The van der Waals surface area contributed by atoms with Crippen LogP contribution in [-0.4, -0.2) is 31.9 Å². The van der Waals surface area contributed by atoms with E-state index >= 15 is 0 Å². The molecule has 3 aromatic rings. The molecule has 0 bridgehead atoms. The van der Waals surface area contributed by atoms with E-state index in [0.29, 0.717) is 18.5 Å². The molecule has 1 aliphatic rings. The summed E-state index contributed by atoms with van der Waals surface area (Å²) in [4.78, 5) is 17.3. The molecule has 1 aromatic carbocycles. The predicted octanol–water partition coefficient (Wildman–Crippen LogP) is 2.52. The minimum Gasteiger partial charge on any atom is -0.393 e. The third-order valence-electron chi connectivity index (χ3n) is 5.11. The minimum absolute atomic E-state index is 0.160. The molecule has 134 valence electrons. The second-order valence-electron chi connectivity index (χ2n) is 7.09. The fraction of sp³-hybridized carbons (Fsp3) is 0.350. The van der Waals surface area contributed by atoms with Gasteiger partial charge in [-0.05, 0) is 49.4 Å². The van der Waals surface area contributed by atoms with Gasteiger partial charge in [-0.2, -0.15) is 5.10 Å². The van der Waals surface area contributed by atoms with Gasteiger partial charge in [0, 0.05) is 18.6 Å². The van der Waals surface area contributed by atoms with Gasteiger partial charge >= 0.3 is 0 Å². The molecule has 0 aliphatic heterocycles. The van der Waals surface area contributed by atoms with Crippen LogP contribution < -0.4 is 5.32 Å². The highest BCUT2D eigenvalue weighted by Crippen LogP contribution is 2.38. The Morgan fingerprint density at radius 3 is 2.77 bits per heavy atom. The van der Waals surface area contributed by atoms with Crippen molar-refractivity contribution in [3.8, 4) is 0 Å². The zero-order valence-corrected chi connectivity index (χ0v) is 14.9. The van der Waals surface area contributed by atoms with E-state index in [1.165, 1.54) is 0 Å². The Morgan fingerprint density at radius 1 is 1.31 bits per heavy atom. The molecule has 6 nitrogen and oxygen atoms in total. The van der Waals surface area contributed by atoms with E-state index < -0.39 is 0 Å². The van der Waals surface area contributed by atoms with Crippen LogP contribution in [0.5, 0.6) is 0 Å². The van der Waals surface area contributed by atoms with Crippen molar-refractivity contribution < 1.29 is 9.90 Å². The second-order valence-corrected chi connectivity index (χ2v) is 7.09. The Bertz CT molecular complexity index is 959. The van der Waals surface area contributed by atoms with Crippen molar-refractivity contribution in [3.05, 3.63) is 59.5 Å². The Kier molecular flexibility index (Phi) is 4.20. The number of aryl methyl sites for hydroxylation is 2. The second kappa shape index (κ2) is 6.53. The highest BCUT2D eigenvalue weighted by atomic mass is 16.3. The molecule has 1 fully saturated rings. The van der Waals surface area contributed by atoms with Crippen LogP contribution in [0.2, 0.25) is 0 Å². The van der Waals surface area contributed by atoms with Crippen LogP contribution in [0.3, 0.4) is 0 Å². The Hall–Kier alpha value is -2.73. The summed E-state index contributed by atoms with van der Waals surface area (Å²) >= 11 is 0. The van der Waals surface area contributed by atoms with Gasteiger partial charge in [-0.3, -0.25) is 14.5 Å². The van der Waals surface area contributed by atoms with Gasteiger partial charge in [0.05, 0.1) is 23.4 Å². The summed E-state index contributed by atoms with van der Waals surface area (Å²) in [7, 11) is 1.77. The van der Waals surface area contributed by atoms with Gasteiger partial charge in [0.1, 0.15) is 5.69 Å². The van der Waals surface area contributed by atoms with E-state index in [-0.39, 0.29) is 24.0 Å². The summed E-state index contributed by atoms with van der Waals surface area (Å²) in [5.41, 5.74) is 3.23. The van der Waals surface area contributed by atoms with Crippen molar-refractivity contribution >= 4 is 16.8 Å². The summed E-state index contributed by atoms with van der Waals surface area (Å²) in [5.74, 6) is 0.0406. The third kappa shape index (κ3) is 3.08. The number of nitrogens with one attached hydrogen (secondary N) is 1. The SMILES string of the molecule is Cc1cc(C(=O)N[C@H](c2cnc3ccccc3c2)C2CC(O)C2)n(C)n1. The van der Waals surface area contributed by atoms with Crippen LogP contribution in [0, 0.1) is 12.8 Å². The fourth-order valence-electron chi connectivity index (χ4n) is 3.67. The number of aromatic nitrogens is 3. The molecule has 1 atom stereocenters. The third-order valence-corrected chi connectivity index (χ3v) is 5.11. The molecule has 0 unspecified atom stereocenters. The molecular formula is C20H22N4O2. The fourth-order valence-corrected chi connectivity index (χ4v) is 3.67. The van der Waals surface area contributed by atoms with Gasteiger partial charge in [-0.1, -0.05) is 18.2 Å². The first-order valence-electron chi connectivity index (χ1n) is 8.85. The molecule has 0 saturated heterocycles. The number of rotatable bonds is 4. The standard InChI is InChI=1S/C20H22N4O2/c1-12-7-18(24(2)23-12)20(26)22-19(14-9-16(25)10-14)15-8-13-5-3-4-6-17(13)21-11-15/h3-8,11,14,16,19,25H,9-10H2,1-2H3,(H,22,26)/t14?,16?,19-/m0/s1. The molecule has 1 saturated carbocycles. The molecule has 2 aromatic heterocycles. The number of amides is 1. The largest absolute Gasteiger partial charge is 0.393 e. The van der Waals surface area contributed by atoms with E-state index in [0.717, 1.165) is 22.2 Å². The van der Waals surface area contributed by atoms with E-state index in [1.54, 1.807) is 17.8 Å². The molecule has 26 heavy (non-hydrogen) atoms. The van der Waals surface area contributed by atoms with E-state index in [4.69, 9.17) is 0 Å². The molecule has 2 N–H and O–H groups in total. The lowest BCUT2D eigenvalue weighted by Gasteiger charge is -2.38. The maximum absolute atomic E-state index is 12.8. The zero-order valence-electron chi connectivity index (χ0n) is 14.9. The summed E-state index contributed by atoms with van der Waals surface area (Å²) < 4.78 is 1.59. The molecule has 2 heterocycles. The smallest absolute Gasteiger partial charge is 0.270 e. The first-order valence-corrected chi connectivity index (χ1v) is 8.85. The average Bonchev–Trinajstić information content (AvgIpc) is 2.95. The Morgan fingerprint density at radius 2 is 2.08 bits per heavy atom. The van der Waals surface area contributed by atoms with Gasteiger partial charge in [-0.25, -0.2) is 0 Å². The number of carbonyl (C=O) groups excluding carboxylic acids is 1. The number of hydrogen-bond acceptors (Lipinski definition) is 4. The quantitative estimate of drug-likeness (QED) is 0.758. The number of aliphatic hydroxyl groups excluding tert-OH is 1. The van der Waals surface area contributed by atoms with Crippen LogP contribution in [0.25, 0.3) is 10.9 Å². The molecule has 4 rings (SSSR count). The van der Waals surface area contributed by atoms with Crippen molar-refractivity contribution in [2.45, 2.75) is 31.9 Å². The first-order chi connectivity index (χ1) is 12.5. The summed E-state index contributed by atoms with van der Waals surface area (Å²) in [6, 6.07) is 11.6. The Balaban J connectivity index is 1.65. The lowest BCUT2D eigenvalue weighted by atomic mass is 9.75. The number of para-hydroxylation sites is 1. The van der Waals surface area contributed by atoms with E-state index in [9.17, 15) is 9.90 Å². The summed E-state index contributed by atoms with van der Waals surface area (Å²) in [6.45, 7) is 1.86. The maximum atomic E-state index is 12.8. The highest BCUT2D eigenvalue weighted by molar-refractivity contribution is 5.93. The van der Waals surface area contributed by atoms with Gasteiger partial charge in [-0.15, -0.1) is 0 Å². The van der Waals surface area contributed by atoms with Crippen molar-refractivity contribution in [3.63, 3.8) is 0 Å². The normalized spacial score (nSPS) is 20.6. The van der Waals surface area contributed by atoms with Crippen molar-refractivity contribution in [1.82, 2.24) is 20.1 Å². The number of nitrogens with zero attached hydrogens (tertiary/aromatic N) is 3. The lowest BCUT2D eigenvalue weighted by Crippen LogP contribution is -2.41. The Labute approximate surface area is 151 Å². The van der Waals surface area contributed by atoms with Crippen molar-refractivity contribution in [2.75, 3.05) is 0 Å². The topological polar surface area (TPSA) is 80.0 Å². The predicted molar refractivity (Wildman–Crippen MR) is 98.6 cm³/mol. The minimum atomic E-state index is -0.285. The maximum Gasteiger partial charge on any atom is 0.270 e. The van der Waals surface area contributed by atoms with E-state index in [2.05, 4.69) is 21.5 Å². The average molecular weight is 350 g/mol. The monoisotopic (exact) mass is 350 g/mol. The van der Waals surface area contributed by atoms with Crippen LogP contribution >= 0.6 is 0 Å². The van der Waals surface area contributed by atoms with Gasteiger partial charge in [0.25, 0.3) is 5.91 Å². The van der Waals surface area contributed by atoms with Crippen LogP contribution in [0.15, 0.2) is 42.6 Å². The summed E-state index contributed by atoms with van der Waals surface area (Å²) in [6.07, 6.45) is 2.91. The van der Waals surface area contributed by atoms with Crippen molar-refractivity contribution in [2.24, 2.45) is 13.0 Å². The zero-order chi connectivity index (χ0) is 18.3. The van der Waals surface area contributed by atoms with Crippen LogP contribution in [-0.2, 0) is 7.05 Å². The number of aliphatic hydroxyl groups is 1. The number of carbonyl (C=O) groups is 1. The number of fused-ring (bicyclic) bond motifs is 1. The van der Waals surface area contributed by atoms with Gasteiger partial charge in [0.2, 0.25) is 0 Å².